The summed E-state index contributed by atoms with van der Waals surface area (Å²) in [6.07, 6.45) is -0.823. The van der Waals surface area contributed by atoms with Gasteiger partial charge in [-0.05, 0) is 22.9 Å². The second-order valence-corrected chi connectivity index (χ2v) is 5.75. The molecule has 0 saturated carbocycles. The van der Waals surface area contributed by atoms with E-state index in [1.807, 2.05) is 47.2 Å². The van der Waals surface area contributed by atoms with Gasteiger partial charge in [-0.1, -0.05) is 12.1 Å². The minimum Gasteiger partial charge on any atom is -0.386 e. The maximum Gasteiger partial charge on any atom is 0.101 e. The van der Waals surface area contributed by atoms with Crippen molar-refractivity contribution in [3.05, 3.63) is 44.8 Å². The molecule has 4 nitrogen and oxygen atoms in total. The van der Waals surface area contributed by atoms with Crippen molar-refractivity contribution < 1.29 is 10.2 Å². The summed E-state index contributed by atoms with van der Waals surface area (Å²) in [5, 5.41) is 38.6. The third-order valence-corrected chi connectivity index (χ3v) is 4.26. The van der Waals surface area contributed by atoms with Gasteiger partial charge in [0.05, 0.1) is 25.0 Å². The summed E-state index contributed by atoms with van der Waals surface area (Å²) >= 11 is 2.94. The molecule has 0 unspecified atom stereocenters. The van der Waals surface area contributed by atoms with Crippen LogP contribution in [-0.4, -0.2) is 10.2 Å². The van der Waals surface area contributed by atoms with Crippen LogP contribution in [-0.2, 0) is 0 Å². The highest BCUT2D eigenvalue weighted by Gasteiger charge is 2.06. The lowest BCUT2D eigenvalue weighted by atomic mass is 10.2. The van der Waals surface area contributed by atoms with E-state index in [0.717, 1.165) is 9.75 Å². The quantitative estimate of drug-likeness (QED) is 0.906. The Labute approximate surface area is 125 Å². The molecule has 0 amide bonds. The minimum atomic E-state index is -0.593. The van der Waals surface area contributed by atoms with E-state index in [9.17, 15) is 10.2 Å². The molecule has 0 aliphatic carbocycles. The molecule has 0 fully saturated rings. The predicted octanol–water partition coefficient (Wildman–Crippen LogP) is 3.39. The van der Waals surface area contributed by atoms with Crippen LogP contribution in [0.15, 0.2) is 35.0 Å². The van der Waals surface area contributed by atoms with E-state index < -0.39 is 12.2 Å². The number of aliphatic hydroxyl groups excluding tert-OH is 2. The van der Waals surface area contributed by atoms with Crippen LogP contribution in [0, 0.1) is 22.7 Å². The van der Waals surface area contributed by atoms with Gasteiger partial charge in [0, 0.05) is 9.75 Å². The monoisotopic (exact) mass is 306 g/mol. The summed E-state index contributed by atoms with van der Waals surface area (Å²) in [4.78, 5) is 1.73. The van der Waals surface area contributed by atoms with Gasteiger partial charge < -0.3 is 10.2 Å². The molecule has 0 aliphatic heterocycles. The zero-order valence-electron chi connectivity index (χ0n) is 10.6. The number of aliphatic hydroxyl groups is 2. The van der Waals surface area contributed by atoms with Crippen molar-refractivity contribution in [3.63, 3.8) is 0 Å². The number of nitrogens with zero attached hydrogens (tertiary/aromatic N) is 2. The van der Waals surface area contributed by atoms with E-state index in [0.29, 0.717) is 0 Å². The summed E-state index contributed by atoms with van der Waals surface area (Å²) in [6, 6.07) is 11.2. The number of thiophene rings is 2. The zero-order valence-corrected chi connectivity index (χ0v) is 12.3. The molecule has 2 heterocycles. The Morgan fingerprint density at radius 2 is 1.30 bits per heavy atom. The summed E-state index contributed by atoms with van der Waals surface area (Å²) in [6.45, 7) is 0. The lowest BCUT2D eigenvalue weighted by Crippen LogP contribution is -1.90. The van der Waals surface area contributed by atoms with Crippen molar-refractivity contribution in [2.24, 2.45) is 0 Å². The van der Waals surface area contributed by atoms with Crippen molar-refractivity contribution in [3.8, 4) is 12.1 Å². The normalized spacial score (nSPS) is 12.4. The second-order valence-electron chi connectivity index (χ2n) is 3.79. The molecule has 0 saturated heterocycles. The van der Waals surface area contributed by atoms with E-state index in [4.69, 9.17) is 10.5 Å². The largest absolute Gasteiger partial charge is 0.386 e. The van der Waals surface area contributed by atoms with Crippen molar-refractivity contribution in [2.45, 2.75) is 25.0 Å². The van der Waals surface area contributed by atoms with Crippen LogP contribution < -0.4 is 0 Å². The second kappa shape index (κ2) is 9.24. The van der Waals surface area contributed by atoms with Gasteiger partial charge in [-0.2, -0.15) is 10.5 Å². The van der Waals surface area contributed by atoms with Crippen molar-refractivity contribution in [2.75, 3.05) is 0 Å². The Balaban J connectivity index is 0.000000200. The maximum absolute atomic E-state index is 9.20. The molecular weight excluding hydrogens is 292 g/mol. The summed E-state index contributed by atoms with van der Waals surface area (Å²) in [5.41, 5.74) is 0. The molecule has 0 aliphatic rings. The first-order valence-corrected chi connectivity index (χ1v) is 7.61. The SMILES string of the molecule is N#CC[C@@H](O)c1cccs1.N#CC[C@H](O)c1cccs1. The number of nitriles is 2. The number of rotatable bonds is 4. The van der Waals surface area contributed by atoms with Gasteiger partial charge in [0.25, 0.3) is 0 Å². The highest BCUT2D eigenvalue weighted by Crippen LogP contribution is 2.21. The molecule has 0 bridgehead atoms. The van der Waals surface area contributed by atoms with Crippen molar-refractivity contribution in [1.82, 2.24) is 0 Å². The van der Waals surface area contributed by atoms with E-state index in [-0.39, 0.29) is 12.8 Å². The molecule has 2 rings (SSSR count). The van der Waals surface area contributed by atoms with Crippen molar-refractivity contribution >= 4 is 22.7 Å². The fourth-order valence-electron chi connectivity index (χ4n) is 1.34. The highest BCUT2D eigenvalue weighted by atomic mass is 32.1. The molecular formula is C14H14N2O2S2. The highest BCUT2D eigenvalue weighted by molar-refractivity contribution is 7.10. The fraction of sp³-hybridized carbons (Fsp3) is 0.286. The smallest absolute Gasteiger partial charge is 0.101 e. The average Bonchev–Trinajstić information content (AvgIpc) is 3.14. The van der Waals surface area contributed by atoms with E-state index in [2.05, 4.69) is 0 Å². The van der Waals surface area contributed by atoms with Crippen LogP contribution in [0.25, 0.3) is 0 Å². The van der Waals surface area contributed by atoms with E-state index in [1.54, 1.807) is 0 Å². The Bertz CT molecular complexity index is 501. The van der Waals surface area contributed by atoms with Gasteiger partial charge in [0.1, 0.15) is 12.2 Å². The fourth-order valence-corrected chi connectivity index (χ4v) is 2.76. The summed E-state index contributed by atoms with van der Waals surface area (Å²) in [5.74, 6) is 0. The predicted molar refractivity (Wildman–Crippen MR) is 79.0 cm³/mol. The molecule has 0 radical (unpaired) electrons. The molecule has 2 N–H and O–H groups in total. The number of hydrogen-bond donors (Lipinski definition) is 2. The topological polar surface area (TPSA) is 88.0 Å². The van der Waals surface area contributed by atoms with Crippen LogP contribution in [0.4, 0.5) is 0 Å². The van der Waals surface area contributed by atoms with Gasteiger partial charge in [0.15, 0.2) is 0 Å². The first kappa shape index (κ1) is 16.4. The number of hydrogen-bond acceptors (Lipinski definition) is 6. The van der Waals surface area contributed by atoms with E-state index >= 15 is 0 Å². The Morgan fingerprint density at radius 3 is 1.55 bits per heavy atom. The maximum atomic E-state index is 9.20. The molecule has 6 heteroatoms. The van der Waals surface area contributed by atoms with Crippen LogP contribution in [0.5, 0.6) is 0 Å². The molecule has 2 aromatic heterocycles. The first-order valence-electron chi connectivity index (χ1n) is 5.85. The van der Waals surface area contributed by atoms with Gasteiger partial charge >= 0.3 is 0 Å². The lowest BCUT2D eigenvalue weighted by Gasteiger charge is -1.99. The summed E-state index contributed by atoms with van der Waals surface area (Å²) in [7, 11) is 0. The molecule has 20 heavy (non-hydrogen) atoms. The average molecular weight is 306 g/mol. The van der Waals surface area contributed by atoms with Gasteiger partial charge in [0.2, 0.25) is 0 Å². The Hall–Kier alpha value is -1.70. The lowest BCUT2D eigenvalue weighted by molar-refractivity contribution is 0.187. The van der Waals surface area contributed by atoms with Crippen LogP contribution in [0.3, 0.4) is 0 Å². The van der Waals surface area contributed by atoms with Crippen LogP contribution >= 0.6 is 22.7 Å². The van der Waals surface area contributed by atoms with Gasteiger partial charge in [-0.25, -0.2) is 0 Å². The minimum absolute atomic E-state index is 0.181. The molecule has 0 spiro atoms. The van der Waals surface area contributed by atoms with Crippen LogP contribution in [0.1, 0.15) is 34.8 Å². The molecule has 0 aromatic carbocycles. The van der Waals surface area contributed by atoms with Crippen LogP contribution in [0.2, 0.25) is 0 Å². The third-order valence-electron chi connectivity index (χ3n) is 2.31. The molecule has 104 valence electrons. The first-order chi connectivity index (χ1) is 9.69. The van der Waals surface area contributed by atoms with Gasteiger partial charge in [-0.15, -0.1) is 22.7 Å². The summed E-state index contributed by atoms with van der Waals surface area (Å²) < 4.78 is 0. The third kappa shape index (κ3) is 5.52. The van der Waals surface area contributed by atoms with Gasteiger partial charge in [-0.3, -0.25) is 0 Å². The standard InChI is InChI=1S/2C7H7NOS/c2*8-4-3-6(9)7-2-1-5-10-7/h2*1-2,5-6,9H,3H2/t2*6-/m10/s1. The Morgan fingerprint density at radius 1 is 0.900 bits per heavy atom. The zero-order chi connectivity index (χ0) is 14.8. The van der Waals surface area contributed by atoms with Crippen molar-refractivity contribution in [1.29, 1.82) is 10.5 Å². The molecule has 2 atom stereocenters. The Kier molecular flexibility index (Phi) is 7.56. The van der Waals surface area contributed by atoms with E-state index in [1.165, 1.54) is 22.7 Å². The molecule has 2 aromatic rings.